The quantitative estimate of drug-likeness (QED) is 0.735. The van der Waals surface area contributed by atoms with Crippen LogP contribution in [0.25, 0.3) is 5.82 Å². The topological polar surface area (TPSA) is 30.7 Å². The Kier molecular flexibility index (Phi) is 2.68. The van der Waals surface area contributed by atoms with Crippen molar-refractivity contribution in [1.82, 2.24) is 14.8 Å². The second kappa shape index (κ2) is 3.98. The van der Waals surface area contributed by atoms with Gasteiger partial charge in [-0.2, -0.15) is 5.10 Å². The highest BCUT2D eigenvalue weighted by Crippen LogP contribution is 2.15. The average Bonchev–Trinajstić information content (AvgIpc) is 2.64. The Labute approximate surface area is 91.5 Å². The molecule has 0 aliphatic heterocycles. The molecule has 0 spiro atoms. The van der Waals surface area contributed by atoms with Gasteiger partial charge in [-0.3, -0.25) is 0 Å². The number of alkyl halides is 1. The third kappa shape index (κ3) is 1.99. The molecule has 15 heavy (non-hydrogen) atoms. The van der Waals surface area contributed by atoms with Gasteiger partial charge in [0.05, 0.1) is 18.3 Å². The van der Waals surface area contributed by atoms with Crippen LogP contribution in [0.5, 0.6) is 0 Å². The lowest BCUT2D eigenvalue weighted by Crippen LogP contribution is -2.02. The van der Waals surface area contributed by atoms with Crippen molar-refractivity contribution in [3.05, 3.63) is 41.6 Å². The molecule has 0 bridgehead atoms. The van der Waals surface area contributed by atoms with Gasteiger partial charge in [0.1, 0.15) is 5.82 Å². The maximum absolute atomic E-state index is 12.9. The Balaban J connectivity index is 2.52. The predicted octanol–water partition coefficient (Wildman–Crippen LogP) is 2.45. The van der Waals surface area contributed by atoms with Gasteiger partial charge in [-0.1, -0.05) is 0 Å². The van der Waals surface area contributed by atoms with Crippen molar-refractivity contribution in [2.75, 3.05) is 0 Å². The smallest absolute Gasteiger partial charge is 0.157 e. The molecule has 2 aromatic rings. The highest BCUT2D eigenvalue weighted by molar-refractivity contribution is 6.17. The molecule has 0 radical (unpaired) electrons. The fourth-order valence-electron chi connectivity index (χ4n) is 1.31. The van der Waals surface area contributed by atoms with Crippen molar-refractivity contribution in [2.24, 2.45) is 0 Å². The van der Waals surface area contributed by atoms with Crippen molar-refractivity contribution in [1.29, 1.82) is 0 Å². The summed E-state index contributed by atoms with van der Waals surface area (Å²) in [5, 5.41) is 4.10. The summed E-state index contributed by atoms with van der Waals surface area (Å²) in [6.45, 7) is 1.92. The Morgan fingerprint density at radius 3 is 2.87 bits per heavy atom. The van der Waals surface area contributed by atoms with Crippen LogP contribution in [0.4, 0.5) is 4.39 Å². The van der Waals surface area contributed by atoms with Crippen LogP contribution in [0.2, 0.25) is 0 Å². The zero-order valence-electron chi connectivity index (χ0n) is 8.11. The lowest BCUT2D eigenvalue weighted by Gasteiger charge is -2.05. The molecule has 0 aliphatic rings. The molecule has 0 fully saturated rings. The first-order valence-electron chi connectivity index (χ1n) is 4.42. The summed E-state index contributed by atoms with van der Waals surface area (Å²) in [5.41, 5.74) is 1.64. The van der Waals surface area contributed by atoms with E-state index >= 15 is 0 Å². The minimum atomic E-state index is -0.390. The second-order valence-electron chi connectivity index (χ2n) is 3.23. The lowest BCUT2D eigenvalue weighted by molar-refractivity contribution is 0.617. The van der Waals surface area contributed by atoms with Crippen molar-refractivity contribution >= 4 is 11.6 Å². The molecule has 0 saturated carbocycles. The molecule has 0 unspecified atom stereocenters. The molecule has 0 aromatic carbocycles. The summed E-state index contributed by atoms with van der Waals surface area (Å²) in [4.78, 5) is 3.97. The van der Waals surface area contributed by atoms with E-state index in [4.69, 9.17) is 11.6 Å². The van der Waals surface area contributed by atoms with E-state index in [1.165, 1.54) is 6.07 Å². The summed E-state index contributed by atoms with van der Waals surface area (Å²) in [6, 6.07) is 1.37. The van der Waals surface area contributed by atoms with Crippen molar-refractivity contribution in [3.63, 3.8) is 0 Å². The van der Waals surface area contributed by atoms with Crippen LogP contribution in [-0.2, 0) is 5.88 Å². The summed E-state index contributed by atoms with van der Waals surface area (Å²) in [6.07, 6.45) is 4.68. The standard InChI is InChI=1S/C10H9ClFN3/c1-7-4-14-15(6-7)10-8(3-11)2-9(12)5-13-10/h2,4-6H,3H2,1H3. The lowest BCUT2D eigenvalue weighted by atomic mass is 10.3. The maximum atomic E-state index is 12.9. The molecule has 2 rings (SSSR count). The van der Waals surface area contributed by atoms with Gasteiger partial charge in [0.15, 0.2) is 5.82 Å². The van der Waals surface area contributed by atoms with Crippen LogP contribution in [0.3, 0.4) is 0 Å². The van der Waals surface area contributed by atoms with Crippen LogP contribution in [0, 0.1) is 12.7 Å². The molecule has 2 aromatic heterocycles. The van der Waals surface area contributed by atoms with Crippen LogP contribution < -0.4 is 0 Å². The number of hydrogen-bond donors (Lipinski definition) is 0. The molecular weight excluding hydrogens is 217 g/mol. The minimum Gasteiger partial charge on any atom is -0.234 e. The average molecular weight is 226 g/mol. The number of aryl methyl sites for hydroxylation is 1. The Morgan fingerprint density at radius 1 is 1.47 bits per heavy atom. The molecule has 2 heterocycles. The van der Waals surface area contributed by atoms with Gasteiger partial charge in [-0.25, -0.2) is 14.1 Å². The molecule has 3 nitrogen and oxygen atoms in total. The number of pyridine rings is 1. The van der Waals surface area contributed by atoms with Gasteiger partial charge in [-0.05, 0) is 18.6 Å². The first-order chi connectivity index (χ1) is 7.20. The van der Waals surface area contributed by atoms with Crippen molar-refractivity contribution in [2.45, 2.75) is 12.8 Å². The zero-order chi connectivity index (χ0) is 10.8. The Hall–Kier alpha value is -1.42. The van der Waals surface area contributed by atoms with Gasteiger partial charge in [0, 0.05) is 11.8 Å². The minimum absolute atomic E-state index is 0.207. The van der Waals surface area contributed by atoms with Crippen molar-refractivity contribution < 1.29 is 4.39 Å². The van der Waals surface area contributed by atoms with Crippen LogP contribution >= 0.6 is 11.6 Å². The second-order valence-corrected chi connectivity index (χ2v) is 3.50. The molecule has 0 N–H and O–H groups in total. The first-order valence-corrected chi connectivity index (χ1v) is 4.96. The third-order valence-electron chi connectivity index (χ3n) is 1.98. The van der Waals surface area contributed by atoms with E-state index in [1.54, 1.807) is 10.9 Å². The molecule has 0 amide bonds. The van der Waals surface area contributed by atoms with E-state index in [1.807, 2.05) is 13.1 Å². The van der Waals surface area contributed by atoms with Crippen LogP contribution in [0.1, 0.15) is 11.1 Å². The molecule has 78 valence electrons. The first kappa shape index (κ1) is 10.1. The summed E-state index contributed by atoms with van der Waals surface area (Å²) >= 11 is 5.71. The van der Waals surface area contributed by atoms with E-state index in [2.05, 4.69) is 10.1 Å². The van der Waals surface area contributed by atoms with Gasteiger partial charge < -0.3 is 0 Å². The molecule has 0 saturated heterocycles. The van der Waals surface area contributed by atoms with E-state index in [0.29, 0.717) is 11.4 Å². The Morgan fingerprint density at radius 2 is 2.27 bits per heavy atom. The third-order valence-corrected chi connectivity index (χ3v) is 2.27. The van der Waals surface area contributed by atoms with Crippen LogP contribution in [-0.4, -0.2) is 14.8 Å². The molecule has 5 heteroatoms. The number of nitrogens with zero attached hydrogens (tertiary/aromatic N) is 3. The Bertz CT molecular complexity index is 481. The largest absolute Gasteiger partial charge is 0.234 e. The molecular formula is C10H9ClFN3. The van der Waals surface area contributed by atoms with E-state index in [-0.39, 0.29) is 5.88 Å². The van der Waals surface area contributed by atoms with Crippen LogP contribution in [0.15, 0.2) is 24.7 Å². The number of aromatic nitrogens is 3. The highest BCUT2D eigenvalue weighted by Gasteiger charge is 2.07. The molecule has 0 aliphatic carbocycles. The zero-order valence-corrected chi connectivity index (χ0v) is 8.87. The number of rotatable bonds is 2. The van der Waals surface area contributed by atoms with Gasteiger partial charge in [-0.15, -0.1) is 11.6 Å². The highest BCUT2D eigenvalue weighted by atomic mass is 35.5. The summed E-state index contributed by atoms with van der Waals surface area (Å²) in [7, 11) is 0. The van der Waals surface area contributed by atoms with Gasteiger partial charge >= 0.3 is 0 Å². The monoisotopic (exact) mass is 225 g/mol. The van der Waals surface area contributed by atoms with E-state index in [0.717, 1.165) is 11.8 Å². The summed E-state index contributed by atoms with van der Waals surface area (Å²) in [5.74, 6) is 0.386. The van der Waals surface area contributed by atoms with E-state index in [9.17, 15) is 4.39 Å². The number of hydrogen-bond acceptors (Lipinski definition) is 2. The fourth-order valence-corrected chi connectivity index (χ4v) is 1.50. The van der Waals surface area contributed by atoms with Gasteiger partial charge in [0.2, 0.25) is 0 Å². The normalized spacial score (nSPS) is 10.6. The maximum Gasteiger partial charge on any atom is 0.157 e. The van der Waals surface area contributed by atoms with Crippen molar-refractivity contribution in [3.8, 4) is 5.82 Å². The van der Waals surface area contributed by atoms with E-state index < -0.39 is 5.82 Å². The predicted molar refractivity (Wildman–Crippen MR) is 55.6 cm³/mol. The number of halogens is 2. The molecule has 0 atom stereocenters. The SMILES string of the molecule is Cc1cnn(-c2ncc(F)cc2CCl)c1. The van der Waals surface area contributed by atoms with Gasteiger partial charge in [0.25, 0.3) is 0 Å². The summed E-state index contributed by atoms with van der Waals surface area (Å²) < 4.78 is 14.5. The fraction of sp³-hybridized carbons (Fsp3) is 0.200.